The lowest BCUT2D eigenvalue weighted by molar-refractivity contribution is -0.0814. The van der Waals surface area contributed by atoms with Crippen molar-refractivity contribution in [2.45, 2.75) is 38.3 Å². The van der Waals surface area contributed by atoms with Crippen molar-refractivity contribution in [3.63, 3.8) is 0 Å². The van der Waals surface area contributed by atoms with Crippen molar-refractivity contribution in [1.29, 1.82) is 0 Å². The molecule has 1 aromatic heterocycles. The Bertz CT molecular complexity index is 780. The lowest BCUT2D eigenvalue weighted by Gasteiger charge is -2.50. The number of fused-ring (bicyclic) bond motifs is 3. The second-order valence-corrected chi connectivity index (χ2v) is 7.92. The van der Waals surface area contributed by atoms with Crippen LogP contribution in [-0.2, 0) is 13.0 Å². The van der Waals surface area contributed by atoms with Gasteiger partial charge in [-0.05, 0) is 44.5 Å². The van der Waals surface area contributed by atoms with E-state index in [1.165, 1.54) is 42.6 Å². The van der Waals surface area contributed by atoms with Crippen molar-refractivity contribution in [2.75, 3.05) is 25.0 Å². The first kappa shape index (κ1) is 15.2. The van der Waals surface area contributed by atoms with Gasteiger partial charge in [-0.25, -0.2) is 4.98 Å². The molecule has 0 saturated carbocycles. The van der Waals surface area contributed by atoms with Crippen LogP contribution in [0.5, 0.6) is 5.88 Å². The van der Waals surface area contributed by atoms with E-state index >= 15 is 0 Å². The second-order valence-electron chi connectivity index (χ2n) is 7.92. The van der Waals surface area contributed by atoms with E-state index in [4.69, 9.17) is 4.74 Å². The highest BCUT2D eigenvalue weighted by Crippen LogP contribution is 2.46. The van der Waals surface area contributed by atoms with Gasteiger partial charge < -0.3 is 10.1 Å². The Hall–Kier alpha value is -2.07. The molecule has 25 heavy (non-hydrogen) atoms. The summed E-state index contributed by atoms with van der Waals surface area (Å²) in [5, 5.41) is 3.51. The third kappa shape index (κ3) is 2.69. The van der Waals surface area contributed by atoms with Crippen LogP contribution >= 0.6 is 0 Å². The maximum atomic E-state index is 6.42. The first-order valence-corrected chi connectivity index (χ1v) is 9.40. The molecule has 1 spiro atoms. The molecule has 2 aromatic rings. The maximum absolute atomic E-state index is 6.42. The zero-order chi connectivity index (χ0) is 16.9. The van der Waals surface area contributed by atoms with Crippen LogP contribution in [0.4, 0.5) is 5.69 Å². The van der Waals surface area contributed by atoms with Crippen LogP contribution in [0.1, 0.15) is 29.5 Å². The van der Waals surface area contributed by atoms with Crippen LogP contribution < -0.4 is 10.1 Å². The van der Waals surface area contributed by atoms with Crippen LogP contribution in [0.3, 0.4) is 0 Å². The molecule has 4 heteroatoms. The van der Waals surface area contributed by atoms with Crippen molar-refractivity contribution in [3.8, 4) is 5.88 Å². The molecule has 130 valence electrons. The fourth-order valence-corrected chi connectivity index (χ4v) is 4.71. The quantitative estimate of drug-likeness (QED) is 0.933. The summed E-state index contributed by atoms with van der Waals surface area (Å²) in [6.07, 6.45) is 5.46. The smallest absolute Gasteiger partial charge is 0.217 e. The molecule has 1 N–H and O–H groups in total. The minimum Gasteiger partial charge on any atom is -0.469 e. The van der Waals surface area contributed by atoms with E-state index in [0.717, 1.165) is 31.1 Å². The van der Waals surface area contributed by atoms with Gasteiger partial charge in [-0.1, -0.05) is 29.8 Å². The van der Waals surface area contributed by atoms with E-state index in [1.807, 2.05) is 6.20 Å². The summed E-state index contributed by atoms with van der Waals surface area (Å²) in [5.74, 6) is 1.55. The number of nitrogens with one attached hydrogen (secondary N) is 1. The molecule has 0 unspecified atom stereocenters. The second kappa shape index (κ2) is 5.73. The van der Waals surface area contributed by atoms with Gasteiger partial charge in [0.2, 0.25) is 5.88 Å². The topological polar surface area (TPSA) is 37.4 Å². The third-order valence-corrected chi connectivity index (χ3v) is 6.16. The van der Waals surface area contributed by atoms with Gasteiger partial charge >= 0.3 is 0 Å². The predicted molar refractivity (Wildman–Crippen MR) is 99.0 cm³/mol. The molecule has 4 nitrogen and oxygen atoms in total. The number of anilines is 1. The number of rotatable bonds is 3. The Kier molecular flexibility index (Phi) is 3.49. The van der Waals surface area contributed by atoms with E-state index in [9.17, 15) is 0 Å². The Balaban J connectivity index is 1.31. The number of piperidine rings is 3. The highest BCUT2D eigenvalue weighted by Gasteiger charge is 2.52. The van der Waals surface area contributed by atoms with Crippen LogP contribution in [-0.4, -0.2) is 35.1 Å². The lowest BCUT2D eigenvalue weighted by atomic mass is 9.73. The molecule has 0 aliphatic carbocycles. The number of aromatic nitrogens is 1. The van der Waals surface area contributed by atoms with Gasteiger partial charge in [0, 0.05) is 31.0 Å². The zero-order valence-corrected chi connectivity index (χ0v) is 14.8. The van der Waals surface area contributed by atoms with E-state index in [2.05, 4.69) is 52.5 Å². The molecule has 1 aromatic carbocycles. The number of nitrogens with zero attached hydrogens (tertiary/aromatic N) is 2. The molecule has 4 aliphatic heterocycles. The summed E-state index contributed by atoms with van der Waals surface area (Å²) in [7, 11) is 0. The Morgan fingerprint density at radius 1 is 1.24 bits per heavy atom. The first-order chi connectivity index (χ1) is 12.2. The van der Waals surface area contributed by atoms with Crippen molar-refractivity contribution in [1.82, 2.24) is 9.88 Å². The summed E-state index contributed by atoms with van der Waals surface area (Å²) < 4.78 is 6.42. The lowest BCUT2D eigenvalue weighted by Crippen LogP contribution is -2.61. The van der Waals surface area contributed by atoms with Crippen LogP contribution in [0, 0.1) is 12.8 Å². The van der Waals surface area contributed by atoms with Gasteiger partial charge in [0.25, 0.3) is 0 Å². The highest BCUT2D eigenvalue weighted by atomic mass is 16.5. The van der Waals surface area contributed by atoms with E-state index in [0.29, 0.717) is 5.92 Å². The molecule has 2 bridgehead atoms. The number of aryl methyl sites for hydroxylation is 1. The summed E-state index contributed by atoms with van der Waals surface area (Å²) in [4.78, 5) is 7.17. The van der Waals surface area contributed by atoms with Gasteiger partial charge in [-0.2, -0.15) is 0 Å². The molecule has 3 saturated heterocycles. The minimum absolute atomic E-state index is 0.0125. The summed E-state index contributed by atoms with van der Waals surface area (Å²) in [5.41, 5.74) is 4.92. The Labute approximate surface area is 149 Å². The van der Waals surface area contributed by atoms with E-state index in [1.54, 1.807) is 0 Å². The van der Waals surface area contributed by atoms with Crippen molar-refractivity contribution in [2.24, 2.45) is 5.92 Å². The summed E-state index contributed by atoms with van der Waals surface area (Å²) >= 11 is 0. The van der Waals surface area contributed by atoms with Gasteiger partial charge in [0.15, 0.2) is 0 Å². The number of hydrogen-bond donors (Lipinski definition) is 1. The monoisotopic (exact) mass is 335 g/mol. The molecule has 4 aliphatic rings. The fourth-order valence-electron chi connectivity index (χ4n) is 4.71. The minimum atomic E-state index is -0.0125. The van der Waals surface area contributed by atoms with Crippen LogP contribution in [0.2, 0.25) is 0 Å². The van der Waals surface area contributed by atoms with E-state index < -0.39 is 0 Å². The maximum Gasteiger partial charge on any atom is 0.217 e. The van der Waals surface area contributed by atoms with Gasteiger partial charge in [-0.15, -0.1) is 0 Å². The Morgan fingerprint density at radius 3 is 2.76 bits per heavy atom. The molecule has 3 fully saturated rings. The fraction of sp³-hybridized carbons (Fsp3) is 0.476. The number of ether oxygens (including phenoxy) is 1. The van der Waals surface area contributed by atoms with Gasteiger partial charge in [0.1, 0.15) is 5.60 Å². The normalized spacial score (nSPS) is 29.5. The standard InChI is InChI=1S/C21H25N3O/c1-15-2-4-16(5-3-15)12-22-19-10-17-11-21(25-20(17)23-13-19)14-24-8-6-18(21)7-9-24/h2-5,10,13,18,22H,6-9,11-12,14H2,1H3/t21-/m0/s1. The van der Waals surface area contributed by atoms with Crippen molar-refractivity contribution < 1.29 is 4.74 Å². The molecule has 0 radical (unpaired) electrons. The van der Waals surface area contributed by atoms with Crippen molar-refractivity contribution >= 4 is 5.69 Å². The molecule has 1 atom stereocenters. The molecule has 5 heterocycles. The average molecular weight is 335 g/mol. The van der Waals surface area contributed by atoms with E-state index in [-0.39, 0.29) is 5.60 Å². The number of hydrogen-bond acceptors (Lipinski definition) is 4. The summed E-state index contributed by atoms with van der Waals surface area (Å²) in [6.45, 7) is 6.49. The molecule has 0 amide bonds. The largest absolute Gasteiger partial charge is 0.469 e. The highest BCUT2D eigenvalue weighted by molar-refractivity contribution is 5.49. The predicted octanol–water partition coefficient (Wildman–Crippen LogP) is 3.40. The van der Waals surface area contributed by atoms with Crippen molar-refractivity contribution in [3.05, 3.63) is 53.2 Å². The van der Waals surface area contributed by atoms with Crippen LogP contribution in [0.25, 0.3) is 0 Å². The molecular formula is C21H25N3O. The SMILES string of the molecule is Cc1ccc(CNc2cnc3c(c2)C[C@@]2(CN4CCC2CC4)O3)cc1. The van der Waals surface area contributed by atoms with Gasteiger partial charge in [-0.3, -0.25) is 4.90 Å². The Morgan fingerprint density at radius 2 is 2.04 bits per heavy atom. The van der Waals surface area contributed by atoms with Gasteiger partial charge in [0.05, 0.1) is 11.9 Å². The molecule has 6 rings (SSSR count). The number of pyridine rings is 1. The molecular weight excluding hydrogens is 310 g/mol. The third-order valence-electron chi connectivity index (χ3n) is 6.16. The average Bonchev–Trinajstić information content (AvgIpc) is 2.99. The number of benzene rings is 1. The zero-order valence-electron chi connectivity index (χ0n) is 14.8. The van der Waals surface area contributed by atoms with Crippen LogP contribution in [0.15, 0.2) is 36.5 Å². The first-order valence-electron chi connectivity index (χ1n) is 9.40. The summed E-state index contributed by atoms with van der Waals surface area (Å²) in [6, 6.07) is 10.9.